The fourth-order valence-electron chi connectivity index (χ4n) is 4.58. The summed E-state index contributed by atoms with van der Waals surface area (Å²) < 4.78 is 7.68. The van der Waals surface area contributed by atoms with Crippen LogP contribution in [0.4, 0.5) is 5.95 Å². The summed E-state index contributed by atoms with van der Waals surface area (Å²) in [6.45, 7) is 1.86. The standard InChI is InChI=1S/C26H27ClN4O3S/c1-16-22(24(33)34-20-8-3-2-4-9-20)23(17-11-13-19(32)14-12-17)31-25(28-16)29-26(30-31)35-15-18-7-5-6-10-21(18)27/h5-7,10-14,20,23,32H,2-4,8-9,15H2,1H3,(H,28,29,30). The Morgan fingerprint density at radius 1 is 1.17 bits per heavy atom. The Kier molecular flexibility index (Phi) is 7.02. The van der Waals surface area contributed by atoms with Crippen molar-refractivity contribution in [2.75, 3.05) is 5.32 Å². The molecule has 2 N–H and O–H groups in total. The minimum atomic E-state index is -0.523. The molecule has 0 amide bonds. The SMILES string of the molecule is CC1=C(C(=O)OC2CCCCC2)C(c2ccc(O)cc2)n2nc(SCc3ccccc3Cl)nc2N1. The van der Waals surface area contributed by atoms with Gasteiger partial charge < -0.3 is 15.2 Å². The van der Waals surface area contributed by atoms with E-state index in [0.717, 1.165) is 36.8 Å². The molecule has 1 aliphatic heterocycles. The summed E-state index contributed by atoms with van der Waals surface area (Å²) in [5.41, 5.74) is 3.00. The molecule has 9 heteroatoms. The van der Waals surface area contributed by atoms with Gasteiger partial charge in [0.05, 0.1) is 5.57 Å². The Bertz CT molecular complexity index is 1250. The quantitative estimate of drug-likeness (QED) is 0.306. The number of allylic oxidation sites excluding steroid dienone is 1. The van der Waals surface area contributed by atoms with E-state index in [1.807, 2.05) is 31.2 Å². The number of nitrogens with one attached hydrogen (secondary N) is 1. The molecule has 1 fully saturated rings. The average Bonchev–Trinajstić information content (AvgIpc) is 3.26. The number of fused-ring (bicyclic) bond motifs is 1. The van der Waals surface area contributed by atoms with Gasteiger partial charge in [-0.2, -0.15) is 4.98 Å². The van der Waals surface area contributed by atoms with E-state index in [1.165, 1.54) is 18.2 Å². The van der Waals surface area contributed by atoms with E-state index in [4.69, 9.17) is 21.4 Å². The predicted octanol–water partition coefficient (Wildman–Crippen LogP) is 6.09. The lowest BCUT2D eigenvalue weighted by atomic mass is 9.95. The largest absolute Gasteiger partial charge is 0.508 e. The zero-order valence-corrected chi connectivity index (χ0v) is 21.0. The smallest absolute Gasteiger partial charge is 0.338 e. The number of hydrogen-bond acceptors (Lipinski definition) is 7. The molecule has 2 heterocycles. The first-order chi connectivity index (χ1) is 17.0. The van der Waals surface area contributed by atoms with Gasteiger partial charge in [-0.05, 0) is 61.9 Å². The molecule has 1 unspecified atom stereocenters. The number of phenols is 1. The van der Waals surface area contributed by atoms with Gasteiger partial charge >= 0.3 is 5.97 Å². The molecule has 2 aliphatic rings. The molecule has 0 radical (unpaired) electrons. The van der Waals surface area contributed by atoms with Gasteiger partial charge in [-0.3, -0.25) is 0 Å². The summed E-state index contributed by atoms with van der Waals surface area (Å²) >= 11 is 7.79. The molecule has 1 aliphatic carbocycles. The van der Waals surface area contributed by atoms with Crippen LogP contribution in [0.1, 0.15) is 56.2 Å². The monoisotopic (exact) mass is 510 g/mol. The van der Waals surface area contributed by atoms with Crippen LogP contribution in [0.15, 0.2) is 65.0 Å². The van der Waals surface area contributed by atoms with E-state index in [2.05, 4.69) is 10.3 Å². The van der Waals surface area contributed by atoms with Crippen LogP contribution in [-0.4, -0.2) is 31.9 Å². The second-order valence-electron chi connectivity index (χ2n) is 8.87. The van der Waals surface area contributed by atoms with Gasteiger partial charge in [-0.1, -0.05) is 60.1 Å². The van der Waals surface area contributed by atoms with Crippen LogP contribution >= 0.6 is 23.4 Å². The van der Waals surface area contributed by atoms with E-state index in [0.29, 0.717) is 33.2 Å². The highest BCUT2D eigenvalue weighted by Gasteiger charge is 2.36. The Hall–Kier alpha value is -2.97. The number of rotatable bonds is 6. The molecule has 5 rings (SSSR count). The van der Waals surface area contributed by atoms with E-state index in [9.17, 15) is 9.90 Å². The van der Waals surface area contributed by atoms with Gasteiger partial charge in [-0.25, -0.2) is 9.48 Å². The number of hydrogen-bond donors (Lipinski definition) is 2. The van der Waals surface area contributed by atoms with Crippen molar-refractivity contribution in [3.63, 3.8) is 0 Å². The van der Waals surface area contributed by atoms with Crippen molar-refractivity contribution in [2.45, 2.75) is 62.1 Å². The van der Waals surface area contributed by atoms with Gasteiger partial charge in [0.1, 0.15) is 17.9 Å². The molecule has 2 aromatic carbocycles. The molecule has 7 nitrogen and oxygen atoms in total. The third-order valence-corrected chi connectivity index (χ3v) is 7.66. The van der Waals surface area contributed by atoms with Crippen molar-refractivity contribution in [3.05, 3.63) is 76.0 Å². The van der Waals surface area contributed by atoms with Crippen LogP contribution in [0, 0.1) is 0 Å². The number of anilines is 1. The normalized spacial score (nSPS) is 18.2. The highest BCUT2D eigenvalue weighted by Crippen LogP contribution is 2.38. The summed E-state index contributed by atoms with van der Waals surface area (Å²) in [4.78, 5) is 18.1. The summed E-state index contributed by atoms with van der Waals surface area (Å²) in [5.74, 6) is 0.989. The van der Waals surface area contributed by atoms with E-state index >= 15 is 0 Å². The number of esters is 1. The minimum absolute atomic E-state index is 0.0594. The van der Waals surface area contributed by atoms with Crippen molar-refractivity contribution < 1.29 is 14.6 Å². The van der Waals surface area contributed by atoms with Gasteiger partial charge in [0.15, 0.2) is 0 Å². The molecule has 1 aromatic heterocycles. The lowest BCUT2D eigenvalue weighted by Gasteiger charge is -2.30. The number of carbonyl (C=O) groups is 1. The van der Waals surface area contributed by atoms with Crippen LogP contribution in [0.3, 0.4) is 0 Å². The highest BCUT2D eigenvalue weighted by atomic mass is 35.5. The fraction of sp³-hybridized carbons (Fsp3) is 0.346. The zero-order valence-electron chi connectivity index (χ0n) is 19.4. The maximum atomic E-state index is 13.4. The summed E-state index contributed by atoms with van der Waals surface area (Å²) in [6.07, 6.45) is 5.07. The number of halogens is 1. The number of nitrogens with zero attached hydrogens (tertiary/aromatic N) is 3. The molecule has 0 spiro atoms. The van der Waals surface area contributed by atoms with Crippen LogP contribution in [0.5, 0.6) is 5.75 Å². The Morgan fingerprint density at radius 3 is 2.66 bits per heavy atom. The molecule has 182 valence electrons. The van der Waals surface area contributed by atoms with E-state index < -0.39 is 6.04 Å². The molecule has 1 saturated carbocycles. The Labute approximate surface area is 213 Å². The molecule has 0 bridgehead atoms. The Morgan fingerprint density at radius 2 is 1.91 bits per heavy atom. The van der Waals surface area contributed by atoms with Crippen LogP contribution in [0.25, 0.3) is 0 Å². The highest BCUT2D eigenvalue weighted by molar-refractivity contribution is 7.98. The number of aromatic hydroxyl groups is 1. The second-order valence-corrected chi connectivity index (χ2v) is 10.2. The number of ether oxygens (including phenoxy) is 1. The second kappa shape index (κ2) is 10.3. The van der Waals surface area contributed by atoms with Crippen molar-refractivity contribution in [3.8, 4) is 5.75 Å². The third kappa shape index (κ3) is 5.18. The molecular formula is C26H27ClN4O3S. The van der Waals surface area contributed by atoms with E-state index in [1.54, 1.807) is 28.9 Å². The molecular weight excluding hydrogens is 484 g/mol. The minimum Gasteiger partial charge on any atom is -0.508 e. The van der Waals surface area contributed by atoms with Crippen LogP contribution < -0.4 is 5.32 Å². The first-order valence-electron chi connectivity index (χ1n) is 11.8. The lowest BCUT2D eigenvalue weighted by Crippen LogP contribution is -2.32. The topological polar surface area (TPSA) is 89.3 Å². The first-order valence-corrected chi connectivity index (χ1v) is 13.2. The summed E-state index contributed by atoms with van der Waals surface area (Å²) in [6, 6.07) is 14.0. The summed E-state index contributed by atoms with van der Waals surface area (Å²) in [7, 11) is 0. The van der Waals surface area contributed by atoms with Gasteiger partial charge in [-0.15, -0.1) is 5.10 Å². The van der Waals surface area contributed by atoms with E-state index in [-0.39, 0.29) is 17.8 Å². The Balaban J connectivity index is 1.45. The van der Waals surface area contributed by atoms with Crippen molar-refractivity contribution >= 4 is 35.3 Å². The summed E-state index contributed by atoms with van der Waals surface area (Å²) in [5, 5.41) is 19.1. The number of benzene rings is 2. The molecule has 0 saturated heterocycles. The lowest BCUT2D eigenvalue weighted by molar-refractivity contribution is -0.146. The average molecular weight is 511 g/mol. The maximum absolute atomic E-state index is 13.4. The fourth-order valence-corrected chi connectivity index (χ4v) is 5.69. The van der Waals surface area contributed by atoms with Crippen molar-refractivity contribution in [2.24, 2.45) is 0 Å². The van der Waals surface area contributed by atoms with Crippen molar-refractivity contribution in [1.82, 2.24) is 14.8 Å². The van der Waals surface area contributed by atoms with Gasteiger partial charge in [0, 0.05) is 16.5 Å². The third-order valence-electron chi connectivity index (χ3n) is 6.40. The maximum Gasteiger partial charge on any atom is 0.338 e. The van der Waals surface area contributed by atoms with Gasteiger partial charge in [0.2, 0.25) is 11.1 Å². The van der Waals surface area contributed by atoms with Crippen molar-refractivity contribution in [1.29, 1.82) is 0 Å². The number of thioether (sulfide) groups is 1. The van der Waals surface area contributed by atoms with Crippen LogP contribution in [0.2, 0.25) is 5.02 Å². The zero-order chi connectivity index (χ0) is 24.4. The predicted molar refractivity (Wildman–Crippen MR) is 137 cm³/mol. The molecule has 3 aromatic rings. The first kappa shape index (κ1) is 23.8. The molecule has 1 atom stereocenters. The number of aromatic nitrogens is 3. The number of carbonyl (C=O) groups excluding carboxylic acids is 1. The molecule has 35 heavy (non-hydrogen) atoms. The van der Waals surface area contributed by atoms with Crippen LogP contribution in [-0.2, 0) is 15.3 Å². The van der Waals surface area contributed by atoms with Gasteiger partial charge in [0.25, 0.3) is 0 Å². The number of phenolic OH excluding ortho intramolecular Hbond substituents is 1.